The fourth-order valence-electron chi connectivity index (χ4n) is 0.846. The van der Waals surface area contributed by atoms with Crippen molar-refractivity contribution in [2.24, 2.45) is 0 Å². The summed E-state index contributed by atoms with van der Waals surface area (Å²) in [6.07, 6.45) is 6.94. The molecule has 0 radical (unpaired) electrons. The highest BCUT2D eigenvalue weighted by Gasteiger charge is 1.91. The predicted octanol–water partition coefficient (Wildman–Crippen LogP) is 0.782. The summed E-state index contributed by atoms with van der Waals surface area (Å²) in [5, 5.41) is 3.00. The Balaban J connectivity index is 2.85. The summed E-state index contributed by atoms with van der Waals surface area (Å²) in [5.74, 6) is 2.56. The smallest absolute Gasteiger partial charge is 0.0553 e. The zero-order chi connectivity index (χ0) is 8.10. The van der Waals surface area contributed by atoms with Gasteiger partial charge >= 0.3 is 0 Å². The van der Waals surface area contributed by atoms with Crippen molar-refractivity contribution in [1.82, 2.24) is 10.3 Å². The van der Waals surface area contributed by atoms with Crippen LogP contribution in [0.15, 0.2) is 18.3 Å². The Morgan fingerprint density at radius 2 is 2.55 bits per heavy atom. The van der Waals surface area contributed by atoms with Gasteiger partial charge in [0.1, 0.15) is 0 Å². The molecule has 0 amide bonds. The summed E-state index contributed by atoms with van der Waals surface area (Å²) >= 11 is 0. The lowest BCUT2D eigenvalue weighted by Crippen LogP contribution is -2.06. The van der Waals surface area contributed by atoms with Crippen LogP contribution in [0.1, 0.15) is 11.3 Å². The van der Waals surface area contributed by atoms with Crippen molar-refractivity contribution in [2.45, 2.75) is 6.54 Å². The monoisotopic (exact) mass is 146 g/mol. The van der Waals surface area contributed by atoms with Crippen molar-refractivity contribution in [2.75, 3.05) is 7.05 Å². The Morgan fingerprint density at radius 1 is 1.73 bits per heavy atom. The highest BCUT2D eigenvalue weighted by Crippen LogP contribution is 1.98. The van der Waals surface area contributed by atoms with Gasteiger partial charge in [-0.1, -0.05) is 5.92 Å². The standard InChI is InChI=1S/C9H10N2/c1-3-8-4-5-11-9(6-8)7-10-2/h1,4-6,10H,7H2,2H3. The molecule has 1 rings (SSSR count). The van der Waals surface area contributed by atoms with Crippen molar-refractivity contribution in [3.8, 4) is 12.3 Å². The van der Waals surface area contributed by atoms with Crippen LogP contribution < -0.4 is 5.32 Å². The molecule has 0 aliphatic heterocycles. The SMILES string of the molecule is C#Cc1ccnc(CNC)c1. The molecular formula is C9H10N2. The first-order chi connectivity index (χ1) is 5.36. The van der Waals surface area contributed by atoms with Gasteiger partial charge in [-0.05, 0) is 19.2 Å². The maximum Gasteiger partial charge on any atom is 0.0553 e. The molecule has 1 aromatic heterocycles. The van der Waals surface area contributed by atoms with E-state index in [1.165, 1.54) is 0 Å². The summed E-state index contributed by atoms with van der Waals surface area (Å²) in [7, 11) is 1.88. The van der Waals surface area contributed by atoms with Gasteiger partial charge < -0.3 is 5.32 Å². The molecular weight excluding hydrogens is 136 g/mol. The van der Waals surface area contributed by atoms with Crippen LogP contribution in [-0.2, 0) is 6.54 Å². The zero-order valence-electron chi connectivity index (χ0n) is 6.46. The molecule has 2 heteroatoms. The Bertz CT molecular complexity index is 273. The Labute approximate surface area is 66.7 Å². The molecule has 0 aromatic carbocycles. The molecule has 56 valence electrons. The number of hydrogen-bond donors (Lipinski definition) is 1. The summed E-state index contributed by atoms with van der Waals surface area (Å²) in [5.41, 5.74) is 1.85. The van der Waals surface area contributed by atoms with Crippen LogP contribution in [0.5, 0.6) is 0 Å². The molecule has 11 heavy (non-hydrogen) atoms. The number of hydrogen-bond acceptors (Lipinski definition) is 2. The van der Waals surface area contributed by atoms with E-state index in [2.05, 4.69) is 16.2 Å². The van der Waals surface area contributed by atoms with Crippen LogP contribution in [0, 0.1) is 12.3 Å². The lowest BCUT2D eigenvalue weighted by molar-refractivity contribution is 0.791. The van der Waals surface area contributed by atoms with Crippen LogP contribution in [0.4, 0.5) is 0 Å². The van der Waals surface area contributed by atoms with Crippen LogP contribution in [0.2, 0.25) is 0 Å². The molecule has 0 saturated carbocycles. The molecule has 0 saturated heterocycles. The van der Waals surface area contributed by atoms with Crippen LogP contribution in [-0.4, -0.2) is 12.0 Å². The van der Waals surface area contributed by atoms with E-state index < -0.39 is 0 Å². The van der Waals surface area contributed by atoms with Crippen molar-refractivity contribution in [3.05, 3.63) is 29.6 Å². The van der Waals surface area contributed by atoms with Crippen LogP contribution in [0.3, 0.4) is 0 Å². The third-order valence-electron chi connectivity index (χ3n) is 1.34. The topological polar surface area (TPSA) is 24.9 Å². The van der Waals surface area contributed by atoms with E-state index in [4.69, 9.17) is 6.42 Å². The Kier molecular flexibility index (Phi) is 2.65. The lowest BCUT2D eigenvalue weighted by Gasteiger charge is -1.97. The predicted molar refractivity (Wildman–Crippen MR) is 44.9 cm³/mol. The number of pyridine rings is 1. The molecule has 0 atom stereocenters. The van der Waals surface area contributed by atoms with Crippen molar-refractivity contribution in [1.29, 1.82) is 0 Å². The van der Waals surface area contributed by atoms with Crippen molar-refractivity contribution >= 4 is 0 Å². The summed E-state index contributed by atoms with van der Waals surface area (Å²) in [4.78, 5) is 4.12. The van der Waals surface area contributed by atoms with Gasteiger partial charge in [-0.25, -0.2) is 0 Å². The number of aromatic nitrogens is 1. The first kappa shape index (κ1) is 7.77. The quantitative estimate of drug-likeness (QED) is 0.624. The average Bonchev–Trinajstić information content (AvgIpc) is 2.06. The first-order valence-electron chi connectivity index (χ1n) is 3.43. The van der Waals surface area contributed by atoms with E-state index in [1.54, 1.807) is 6.20 Å². The van der Waals surface area contributed by atoms with Gasteiger partial charge in [0.2, 0.25) is 0 Å². The minimum absolute atomic E-state index is 0.759. The molecule has 0 aliphatic carbocycles. The van der Waals surface area contributed by atoms with Crippen LogP contribution >= 0.6 is 0 Å². The second-order valence-electron chi connectivity index (χ2n) is 2.21. The van der Waals surface area contributed by atoms with E-state index in [0.717, 1.165) is 17.8 Å². The van der Waals surface area contributed by atoms with E-state index in [-0.39, 0.29) is 0 Å². The molecule has 2 nitrogen and oxygen atoms in total. The largest absolute Gasteiger partial charge is 0.314 e. The maximum atomic E-state index is 5.22. The van der Waals surface area contributed by atoms with Gasteiger partial charge in [-0.2, -0.15) is 0 Å². The number of nitrogens with one attached hydrogen (secondary N) is 1. The van der Waals surface area contributed by atoms with E-state index >= 15 is 0 Å². The van der Waals surface area contributed by atoms with Gasteiger partial charge in [0.05, 0.1) is 5.69 Å². The summed E-state index contributed by atoms with van der Waals surface area (Å²) < 4.78 is 0. The number of rotatable bonds is 2. The van der Waals surface area contributed by atoms with Gasteiger partial charge in [0, 0.05) is 18.3 Å². The highest BCUT2D eigenvalue weighted by atomic mass is 14.8. The average molecular weight is 146 g/mol. The minimum atomic E-state index is 0.759. The van der Waals surface area contributed by atoms with Crippen molar-refractivity contribution in [3.63, 3.8) is 0 Å². The fraction of sp³-hybridized carbons (Fsp3) is 0.222. The van der Waals surface area contributed by atoms with Gasteiger partial charge in [-0.3, -0.25) is 4.98 Å². The summed E-state index contributed by atoms with van der Waals surface area (Å²) in [6.45, 7) is 0.759. The van der Waals surface area contributed by atoms with Gasteiger partial charge in [-0.15, -0.1) is 6.42 Å². The molecule has 0 bridgehead atoms. The Hall–Kier alpha value is -1.33. The molecule has 1 aromatic rings. The van der Waals surface area contributed by atoms with E-state index in [0.29, 0.717) is 0 Å². The van der Waals surface area contributed by atoms with Gasteiger partial charge in [0.15, 0.2) is 0 Å². The third kappa shape index (κ3) is 2.06. The molecule has 1 N–H and O–H groups in total. The molecule has 0 fully saturated rings. The third-order valence-corrected chi connectivity index (χ3v) is 1.34. The first-order valence-corrected chi connectivity index (χ1v) is 3.43. The summed E-state index contributed by atoms with van der Waals surface area (Å²) in [6, 6.07) is 3.72. The van der Waals surface area contributed by atoms with Crippen LogP contribution in [0.25, 0.3) is 0 Å². The normalized spacial score (nSPS) is 9.09. The fourth-order valence-corrected chi connectivity index (χ4v) is 0.846. The zero-order valence-corrected chi connectivity index (χ0v) is 6.46. The Morgan fingerprint density at radius 3 is 3.18 bits per heavy atom. The maximum absolute atomic E-state index is 5.22. The number of terminal acetylenes is 1. The minimum Gasteiger partial charge on any atom is -0.314 e. The van der Waals surface area contributed by atoms with E-state index in [1.807, 2.05) is 19.2 Å². The molecule has 0 spiro atoms. The second-order valence-corrected chi connectivity index (χ2v) is 2.21. The van der Waals surface area contributed by atoms with Crippen molar-refractivity contribution < 1.29 is 0 Å². The van der Waals surface area contributed by atoms with Gasteiger partial charge in [0.25, 0.3) is 0 Å². The molecule has 1 heterocycles. The highest BCUT2D eigenvalue weighted by molar-refractivity contribution is 5.31. The van der Waals surface area contributed by atoms with E-state index in [9.17, 15) is 0 Å². The lowest BCUT2D eigenvalue weighted by atomic mass is 10.2. The molecule has 0 aliphatic rings. The second kappa shape index (κ2) is 3.75. The number of nitrogens with zero attached hydrogens (tertiary/aromatic N) is 1. The molecule has 0 unspecified atom stereocenters.